The number of aliphatic hydroxyl groups excluding tert-OH is 1. The van der Waals surface area contributed by atoms with Gasteiger partial charge in [-0.05, 0) is 44.9 Å². The molecular formula is C41H80N6O9. The standard InChI is InChI=1S/C41H80N6O9/c1-14-38(6,7)28-41(12,13)37(54)46-31(34(50)51)15-17-39(8,9)35(52)44-21-24-56-26-25-55-23-18-40(10,11)36(53)43-19-16-33(49)47(22-20-42-29(2)3)27-32(48)45-30(4)5/h29-31,36,42-43,53H,14-28H2,1-13H3,(H,44,52)(H,45,48)(H,46,54)(H,50,51)/t31-,36?/m0/s1. The molecule has 0 spiro atoms. The quantitative estimate of drug-likeness (QED) is 0.0400. The minimum atomic E-state index is -1.13. The highest BCUT2D eigenvalue weighted by Crippen LogP contribution is 2.36. The Bertz CT molecular complexity index is 1210. The number of aliphatic hydroxyl groups is 1. The van der Waals surface area contributed by atoms with Gasteiger partial charge in [-0.1, -0.05) is 82.6 Å². The number of nitrogens with zero attached hydrogens (tertiary/aromatic N) is 1. The third kappa shape index (κ3) is 22.8. The van der Waals surface area contributed by atoms with Gasteiger partial charge in [0.1, 0.15) is 12.3 Å². The highest BCUT2D eigenvalue weighted by molar-refractivity contribution is 5.87. The van der Waals surface area contributed by atoms with Crippen molar-refractivity contribution >= 4 is 29.6 Å². The number of carboxylic acids is 1. The number of ether oxygens (including phenoxy) is 2. The summed E-state index contributed by atoms with van der Waals surface area (Å²) >= 11 is 0. The molecule has 0 aliphatic heterocycles. The number of carbonyl (C=O) groups excluding carboxylic acids is 4. The number of carbonyl (C=O) groups is 5. The molecule has 0 aliphatic carbocycles. The van der Waals surface area contributed by atoms with Crippen LogP contribution in [0.2, 0.25) is 0 Å². The van der Waals surface area contributed by atoms with E-state index in [4.69, 9.17) is 9.47 Å². The molecule has 0 radical (unpaired) electrons. The summed E-state index contributed by atoms with van der Waals surface area (Å²) in [5.74, 6) is -2.05. The predicted molar refractivity (Wildman–Crippen MR) is 220 cm³/mol. The average Bonchev–Trinajstić information content (AvgIpc) is 3.07. The van der Waals surface area contributed by atoms with E-state index in [0.717, 1.165) is 6.42 Å². The molecule has 0 rings (SSSR count). The van der Waals surface area contributed by atoms with Crippen molar-refractivity contribution in [2.24, 2.45) is 21.7 Å². The second-order valence-electron chi connectivity index (χ2n) is 18.3. The van der Waals surface area contributed by atoms with E-state index in [1.807, 2.05) is 55.4 Å². The molecule has 0 aromatic heterocycles. The van der Waals surface area contributed by atoms with E-state index < -0.39 is 34.5 Å². The van der Waals surface area contributed by atoms with Gasteiger partial charge in [-0.15, -0.1) is 0 Å². The third-order valence-corrected chi connectivity index (χ3v) is 10.1. The van der Waals surface area contributed by atoms with E-state index >= 15 is 0 Å². The molecule has 0 aliphatic rings. The average molecular weight is 801 g/mol. The molecule has 2 atom stereocenters. The zero-order valence-electron chi connectivity index (χ0n) is 37.1. The van der Waals surface area contributed by atoms with Crippen LogP contribution in [0.5, 0.6) is 0 Å². The molecule has 0 aromatic rings. The van der Waals surface area contributed by atoms with E-state index in [2.05, 4.69) is 47.4 Å². The Morgan fingerprint density at radius 1 is 0.714 bits per heavy atom. The van der Waals surface area contributed by atoms with Crippen molar-refractivity contribution in [3.63, 3.8) is 0 Å². The van der Waals surface area contributed by atoms with Crippen LogP contribution in [0.1, 0.15) is 129 Å². The molecule has 1 unspecified atom stereocenters. The van der Waals surface area contributed by atoms with E-state index in [0.29, 0.717) is 45.8 Å². The van der Waals surface area contributed by atoms with Crippen LogP contribution in [-0.2, 0) is 33.4 Å². The largest absolute Gasteiger partial charge is 0.480 e. The number of rotatable bonds is 31. The first-order valence-corrected chi connectivity index (χ1v) is 20.5. The Morgan fingerprint density at radius 2 is 1.32 bits per heavy atom. The van der Waals surface area contributed by atoms with Gasteiger partial charge in [0.25, 0.3) is 0 Å². The molecule has 15 nitrogen and oxygen atoms in total. The van der Waals surface area contributed by atoms with Crippen LogP contribution in [0, 0.1) is 21.7 Å². The summed E-state index contributed by atoms with van der Waals surface area (Å²) in [5, 5.41) is 35.3. The van der Waals surface area contributed by atoms with Gasteiger partial charge in [0.05, 0.1) is 26.4 Å². The SMILES string of the molecule is CCC(C)(C)CC(C)(C)C(=O)N[C@@H](CCC(C)(C)C(=O)NCCOCCOCCC(C)(C)C(O)NCCC(=O)N(CCNC(C)C)CC(=O)NC(C)C)C(=O)O. The lowest BCUT2D eigenvalue weighted by atomic mass is 9.73. The van der Waals surface area contributed by atoms with Crippen molar-refractivity contribution in [1.29, 1.82) is 0 Å². The van der Waals surface area contributed by atoms with Crippen molar-refractivity contribution in [2.75, 3.05) is 59.2 Å². The highest BCUT2D eigenvalue weighted by atomic mass is 16.5. The van der Waals surface area contributed by atoms with Crippen molar-refractivity contribution < 1.29 is 43.7 Å². The number of aliphatic carboxylic acids is 1. The molecular weight excluding hydrogens is 720 g/mol. The fraction of sp³-hybridized carbons (Fsp3) is 0.878. The zero-order valence-corrected chi connectivity index (χ0v) is 37.1. The van der Waals surface area contributed by atoms with Crippen molar-refractivity contribution in [3.05, 3.63) is 0 Å². The number of carboxylic acid groups (broad SMARTS) is 1. The third-order valence-electron chi connectivity index (χ3n) is 10.1. The lowest BCUT2D eigenvalue weighted by Crippen LogP contribution is -2.48. The molecule has 0 saturated heterocycles. The van der Waals surface area contributed by atoms with E-state index in [1.54, 1.807) is 13.8 Å². The number of hydrogen-bond donors (Lipinski definition) is 7. The number of hydrogen-bond acceptors (Lipinski definition) is 10. The Kier molecular flexibility index (Phi) is 24.2. The first kappa shape index (κ1) is 53.1. The minimum Gasteiger partial charge on any atom is -0.480 e. The maximum Gasteiger partial charge on any atom is 0.326 e. The molecule has 0 aromatic carbocycles. The molecule has 7 N–H and O–H groups in total. The van der Waals surface area contributed by atoms with Crippen LogP contribution >= 0.6 is 0 Å². The van der Waals surface area contributed by atoms with E-state index in [1.165, 1.54) is 4.90 Å². The molecule has 328 valence electrons. The fourth-order valence-corrected chi connectivity index (χ4v) is 5.97. The first-order chi connectivity index (χ1) is 25.8. The molecule has 4 amide bonds. The van der Waals surface area contributed by atoms with Gasteiger partial charge in [0.2, 0.25) is 23.6 Å². The van der Waals surface area contributed by atoms with Crippen LogP contribution in [0.25, 0.3) is 0 Å². The van der Waals surface area contributed by atoms with Gasteiger partial charge >= 0.3 is 5.97 Å². The van der Waals surface area contributed by atoms with E-state index in [9.17, 15) is 34.2 Å². The van der Waals surface area contributed by atoms with Gasteiger partial charge < -0.3 is 45.9 Å². The van der Waals surface area contributed by atoms with Crippen LogP contribution < -0.4 is 26.6 Å². The van der Waals surface area contributed by atoms with Crippen LogP contribution in [0.15, 0.2) is 0 Å². The molecule has 0 saturated carbocycles. The Morgan fingerprint density at radius 3 is 1.88 bits per heavy atom. The maximum absolute atomic E-state index is 13.0. The summed E-state index contributed by atoms with van der Waals surface area (Å²) in [4.78, 5) is 64.8. The van der Waals surface area contributed by atoms with Crippen LogP contribution in [0.4, 0.5) is 0 Å². The van der Waals surface area contributed by atoms with Crippen molar-refractivity contribution in [3.8, 4) is 0 Å². The number of amides is 4. The molecule has 0 fully saturated rings. The minimum absolute atomic E-state index is 0.0183. The van der Waals surface area contributed by atoms with Gasteiger partial charge in [-0.2, -0.15) is 0 Å². The summed E-state index contributed by atoms with van der Waals surface area (Å²) in [7, 11) is 0. The molecule has 56 heavy (non-hydrogen) atoms. The number of nitrogens with one attached hydrogen (secondary N) is 5. The Labute approximate surface area is 337 Å². The van der Waals surface area contributed by atoms with Gasteiger partial charge in [-0.25, -0.2) is 4.79 Å². The van der Waals surface area contributed by atoms with Crippen LogP contribution in [-0.4, -0.2) is 128 Å². The lowest BCUT2D eigenvalue weighted by Gasteiger charge is -2.34. The molecule has 0 heterocycles. The summed E-state index contributed by atoms with van der Waals surface area (Å²) in [6.07, 6.45) is 1.68. The highest BCUT2D eigenvalue weighted by Gasteiger charge is 2.37. The van der Waals surface area contributed by atoms with Crippen molar-refractivity contribution in [2.45, 2.75) is 153 Å². The predicted octanol–water partition coefficient (Wildman–Crippen LogP) is 3.43. The normalized spacial score (nSPS) is 13.7. The molecule has 0 bridgehead atoms. The van der Waals surface area contributed by atoms with Gasteiger partial charge in [-0.3, -0.25) is 24.5 Å². The second-order valence-corrected chi connectivity index (χ2v) is 18.3. The Hall–Kier alpha value is -2.85. The summed E-state index contributed by atoms with van der Waals surface area (Å²) < 4.78 is 11.3. The topological polar surface area (TPSA) is 208 Å². The summed E-state index contributed by atoms with van der Waals surface area (Å²) in [6.45, 7) is 27.7. The zero-order chi connectivity index (χ0) is 43.3. The molecule has 15 heteroatoms. The second kappa shape index (κ2) is 25.5. The first-order valence-electron chi connectivity index (χ1n) is 20.5. The van der Waals surface area contributed by atoms with Gasteiger partial charge in [0, 0.05) is 67.5 Å². The maximum atomic E-state index is 13.0. The summed E-state index contributed by atoms with van der Waals surface area (Å²) in [5.41, 5.74) is -2.21. The lowest BCUT2D eigenvalue weighted by molar-refractivity contribution is -0.144. The Balaban J connectivity index is 4.53. The van der Waals surface area contributed by atoms with Gasteiger partial charge in [0.15, 0.2) is 0 Å². The van der Waals surface area contributed by atoms with E-state index in [-0.39, 0.29) is 86.6 Å². The van der Waals surface area contributed by atoms with Crippen LogP contribution in [0.3, 0.4) is 0 Å². The van der Waals surface area contributed by atoms with Crippen molar-refractivity contribution in [1.82, 2.24) is 31.5 Å². The fourth-order valence-electron chi connectivity index (χ4n) is 5.97. The summed E-state index contributed by atoms with van der Waals surface area (Å²) in [6, 6.07) is -0.861. The smallest absolute Gasteiger partial charge is 0.326 e. The monoisotopic (exact) mass is 801 g/mol.